The fourth-order valence-corrected chi connectivity index (χ4v) is 14.6. The standard InChI is InChI=1S/C24H37Cl2N3O2.C22H33Cl2N3O2.C20H29Cl2N3O2.C17H23Cl2N3O2/c1-3-4-5-6-7-8-18-31-24(30)11-9-10-23-27-21-19-20(12-13-22(21)28(23)2)29(16-14-25)17-15-26;1-3-4-5-6-16-29-22(28)9-7-8-21-25-19-17-18(10-11-20(19)26(21)2)27(14-12-23)15-13-24;1-3-4-14-27-20(26)7-5-6-19-23-17-15-16(8-9-18(17)24(19)2)25(12-10-21)13-11-22;1-21-15-7-6-13(22(10-8-18)11-9-19)12-14(15)20-16(21)4-3-5-17(23)24-2/h12-13,19H,3-11,14-18H2,1-2H3;10-11,17H,3-9,12-16H2,1-2H3;8-9,15H,3-7,10-14H2,1-2H3;6-7,12H,3-5,8-11H2,1-2H3. The van der Waals surface area contributed by atoms with Crippen LogP contribution in [0.25, 0.3) is 44.1 Å². The third-order valence-electron chi connectivity index (χ3n) is 19.3. The van der Waals surface area contributed by atoms with Crippen LogP contribution in [-0.4, -0.2) is 188 Å². The van der Waals surface area contributed by atoms with E-state index in [0.717, 1.165) is 232 Å². The van der Waals surface area contributed by atoms with Gasteiger partial charge in [0.1, 0.15) is 23.3 Å². The van der Waals surface area contributed by atoms with Gasteiger partial charge < -0.3 is 56.8 Å². The number of unbranched alkanes of at least 4 members (excludes halogenated alkanes) is 9. The molecule has 8 aromatic rings. The van der Waals surface area contributed by atoms with Gasteiger partial charge in [0.05, 0.1) is 71.1 Å². The van der Waals surface area contributed by atoms with Gasteiger partial charge in [0, 0.05) is 202 Å². The number of carbonyl (C=O) groups is 4. The van der Waals surface area contributed by atoms with E-state index in [9.17, 15) is 19.2 Å². The normalized spacial score (nSPS) is 11.1. The summed E-state index contributed by atoms with van der Waals surface area (Å²) in [5.41, 5.74) is 12.4. The van der Waals surface area contributed by atoms with Crippen LogP contribution in [0, 0.1) is 0 Å². The maximum Gasteiger partial charge on any atom is 0.305 e. The zero-order valence-corrected chi connectivity index (χ0v) is 73.0. The third-order valence-corrected chi connectivity index (χ3v) is 20.6. The van der Waals surface area contributed by atoms with Crippen LogP contribution in [0.15, 0.2) is 72.8 Å². The van der Waals surface area contributed by atoms with Crippen molar-refractivity contribution in [3.8, 4) is 0 Å². The van der Waals surface area contributed by atoms with E-state index in [1.807, 2.05) is 28.2 Å². The number of hydrogen-bond donors (Lipinski definition) is 0. The average Bonchev–Trinajstić information content (AvgIpc) is 1.68. The number of nitrogens with zero attached hydrogens (tertiary/aromatic N) is 12. The molecule has 0 saturated carbocycles. The summed E-state index contributed by atoms with van der Waals surface area (Å²) in [7, 11) is 9.46. The molecule has 8 rings (SSSR count). The van der Waals surface area contributed by atoms with E-state index in [-0.39, 0.29) is 23.9 Å². The van der Waals surface area contributed by atoms with Gasteiger partial charge in [0.2, 0.25) is 0 Å². The summed E-state index contributed by atoms with van der Waals surface area (Å²) < 4.78 is 28.9. The molecule has 20 nitrogen and oxygen atoms in total. The number of esters is 4. The Labute approximate surface area is 700 Å². The Bertz CT molecular complexity index is 3960. The Hall–Kier alpha value is -5.84. The number of carbonyl (C=O) groups excluding carboxylic acids is 4. The molecular weight excluding hydrogens is 1580 g/mol. The number of halogens is 8. The maximum absolute atomic E-state index is 12.0. The Balaban J connectivity index is 0.000000266. The first-order valence-corrected chi connectivity index (χ1v) is 44.0. The molecule has 0 bridgehead atoms. The molecule has 0 amide bonds. The van der Waals surface area contributed by atoms with Crippen LogP contribution in [0.2, 0.25) is 0 Å². The number of aryl methyl sites for hydroxylation is 8. The summed E-state index contributed by atoms with van der Waals surface area (Å²) in [4.78, 5) is 74.6. The molecule has 0 atom stereocenters. The monoisotopic (exact) mass is 1690 g/mol. The van der Waals surface area contributed by atoms with Gasteiger partial charge in [-0.05, 0) is 118 Å². The van der Waals surface area contributed by atoms with E-state index in [0.29, 0.717) is 92.5 Å². The summed E-state index contributed by atoms with van der Waals surface area (Å²) in [5.74, 6) is 7.80. The van der Waals surface area contributed by atoms with Crippen LogP contribution in [0.4, 0.5) is 22.7 Å². The van der Waals surface area contributed by atoms with Crippen molar-refractivity contribution < 1.29 is 38.1 Å². The van der Waals surface area contributed by atoms with Crippen molar-refractivity contribution in [2.75, 3.05) is 146 Å². The van der Waals surface area contributed by atoms with Gasteiger partial charge in [0.25, 0.3) is 0 Å². The van der Waals surface area contributed by atoms with Crippen LogP contribution in [0.5, 0.6) is 0 Å². The molecule has 4 heterocycles. The van der Waals surface area contributed by atoms with Gasteiger partial charge in [-0.1, -0.05) is 78.6 Å². The Kier molecular flexibility index (Phi) is 48.0. The highest BCUT2D eigenvalue weighted by atomic mass is 35.5. The Morgan fingerprint density at radius 2 is 0.541 bits per heavy atom. The first kappa shape index (κ1) is 95.7. The molecule has 0 radical (unpaired) electrons. The number of ether oxygens (including phenoxy) is 4. The first-order chi connectivity index (χ1) is 53.9. The van der Waals surface area contributed by atoms with Gasteiger partial charge in [-0.25, -0.2) is 19.9 Å². The fourth-order valence-electron chi connectivity index (χ4n) is 12.9. The van der Waals surface area contributed by atoms with E-state index < -0.39 is 0 Å². The third kappa shape index (κ3) is 33.1. The molecule has 0 aliphatic carbocycles. The van der Waals surface area contributed by atoms with E-state index >= 15 is 0 Å². The summed E-state index contributed by atoms with van der Waals surface area (Å²) >= 11 is 47.3. The number of aromatic nitrogens is 8. The molecular formula is C83H122Cl8N12O8. The van der Waals surface area contributed by atoms with Crippen LogP contribution >= 0.6 is 92.8 Å². The second-order valence-electron chi connectivity index (χ2n) is 27.3. The topological polar surface area (TPSA) is 189 Å². The number of imidazole rings is 4. The minimum Gasteiger partial charge on any atom is -0.469 e. The van der Waals surface area contributed by atoms with Crippen molar-refractivity contribution in [2.24, 2.45) is 28.2 Å². The highest BCUT2D eigenvalue weighted by molar-refractivity contribution is 6.20. The van der Waals surface area contributed by atoms with Gasteiger partial charge in [-0.2, -0.15) is 0 Å². The number of hydrogen-bond acceptors (Lipinski definition) is 16. The predicted octanol–water partition coefficient (Wildman–Crippen LogP) is 19.3. The summed E-state index contributed by atoms with van der Waals surface area (Å²) in [6.45, 7) is 14.1. The molecule has 4 aromatic heterocycles. The highest BCUT2D eigenvalue weighted by Gasteiger charge is 2.19. The van der Waals surface area contributed by atoms with E-state index in [1.165, 1.54) is 45.6 Å². The Morgan fingerprint density at radius 1 is 0.315 bits per heavy atom. The molecule has 0 aliphatic rings. The van der Waals surface area contributed by atoms with Crippen LogP contribution in [0.3, 0.4) is 0 Å². The van der Waals surface area contributed by atoms with Crippen LogP contribution < -0.4 is 19.6 Å². The highest BCUT2D eigenvalue weighted by Crippen LogP contribution is 2.29. The molecule has 4 aromatic carbocycles. The van der Waals surface area contributed by atoms with Gasteiger partial charge in [0.15, 0.2) is 0 Å². The summed E-state index contributed by atoms with van der Waals surface area (Å²) in [5, 5.41) is 0. The molecule has 0 spiro atoms. The number of benzene rings is 4. The van der Waals surface area contributed by atoms with Crippen molar-refractivity contribution >= 4 is 184 Å². The van der Waals surface area contributed by atoms with E-state index in [1.54, 1.807) is 0 Å². The molecule has 0 aliphatic heterocycles. The quantitative estimate of drug-likeness (QED) is 0.0151. The average molecular weight is 1700 g/mol. The van der Waals surface area contributed by atoms with Gasteiger partial charge >= 0.3 is 23.9 Å². The molecule has 0 saturated heterocycles. The lowest BCUT2D eigenvalue weighted by atomic mass is 10.1. The Morgan fingerprint density at radius 3 is 0.784 bits per heavy atom. The zero-order chi connectivity index (χ0) is 80.7. The first-order valence-electron chi connectivity index (χ1n) is 39.7. The molecule has 618 valence electrons. The second-order valence-corrected chi connectivity index (χ2v) is 30.4. The number of anilines is 4. The molecule has 111 heavy (non-hydrogen) atoms. The van der Waals surface area contributed by atoms with Crippen molar-refractivity contribution in [3.05, 3.63) is 96.1 Å². The number of fused-ring (bicyclic) bond motifs is 4. The number of rotatable bonds is 51. The lowest BCUT2D eigenvalue weighted by molar-refractivity contribution is -0.144. The van der Waals surface area contributed by atoms with Gasteiger partial charge in [-0.3, -0.25) is 19.2 Å². The maximum atomic E-state index is 12.0. The smallest absolute Gasteiger partial charge is 0.305 e. The van der Waals surface area contributed by atoms with Crippen LogP contribution in [0.1, 0.15) is 172 Å². The van der Waals surface area contributed by atoms with Gasteiger partial charge in [-0.15, -0.1) is 92.8 Å². The molecule has 0 N–H and O–H groups in total. The fraction of sp³-hybridized carbons (Fsp3) is 0.614. The second kappa shape index (κ2) is 55.6. The SMILES string of the molecule is CCCCCCCCOC(=O)CCCc1nc2cc(N(CCCl)CCCl)ccc2n1C.CCCCCCOC(=O)CCCc1nc2cc(N(CCCl)CCCl)ccc2n1C.CCCCOC(=O)CCCc1nc2cc(N(CCCl)CCCl)ccc2n1C.COC(=O)CCCc1nc2cc(N(CCCl)CCCl)ccc2n1C. The molecule has 28 heteroatoms. The van der Waals surface area contributed by atoms with Crippen molar-refractivity contribution in [1.29, 1.82) is 0 Å². The lowest BCUT2D eigenvalue weighted by Crippen LogP contribution is -2.27. The van der Waals surface area contributed by atoms with E-state index in [4.69, 9.17) is 127 Å². The minimum absolute atomic E-state index is 0.104. The van der Waals surface area contributed by atoms with Crippen molar-refractivity contribution in [3.63, 3.8) is 0 Å². The summed E-state index contributed by atoms with van der Waals surface area (Å²) in [6, 6.07) is 25.0. The number of methoxy groups -OCH3 is 1. The van der Waals surface area contributed by atoms with Crippen LogP contribution in [-0.2, 0) is 92.0 Å². The zero-order valence-electron chi connectivity index (χ0n) is 67.0. The number of alkyl halides is 8. The van der Waals surface area contributed by atoms with E-state index in [2.05, 4.69) is 136 Å². The summed E-state index contributed by atoms with van der Waals surface area (Å²) in [6.07, 6.45) is 21.2. The molecule has 0 unspecified atom stereocenters. The minimum atomic E-state index is -0.186. The lowest BCUT2D eigenvalue weighted by Gasteiger charge is -2.22. The molecule has 0 fully saturated rings. The largest absolute Gasteiger partial charge is 0.469 e. The van der Waals surface area contributed by atoms with Crippen molar-refractivity contribution in [1.82, 2.24) is 38.2 Å². The van der Waals surface area contributed by atoms with Crippen molar-refractivity contribution in [2.45, 2.75) is 175 Å². The predicted molar refractivity (Wildman–Crippen MR) is 467 cm³/mol.